The highest BCUT2D eigenvalue weighted by atomic mass is 19.4. The monoisotopic (exact) mass is 517 g/mol. The van der Waals surface area contributed by atoms with Gasteiger partial charge < -0.3 is 20.7 Å². The molecule has 0 aliphatic heterocycles. The zero-order valence-corrected chi connectivity index (χ0v) is 19.4. The predicted molar refractivity (Wildman–Crippen MR) is 138 cm³/mol. The van der Waals surface area contributed by atoms with Crippen LogP contribution in [0.2, 0.25) is 0 Å². The molecule has 0 aliphatic rings. The first-order valence-corrected chi connectivity index (χ1v) is 11.2. The molecule has 0 fully saturated rings. The van der Waals surface area contributed by atoms with Crippen molar-refractivity contribution in [3.8, 4) is 16.9 Å². The molecule has 190 valence electrons. The Morgan fingerprint density at radius 1 is 0.658 bits per heavy atom. The number of hydrogen-bond donors (Lipinski definition) is 3. The van der Waals surface area contributed by atoms with Crippen LogP contribution in [0.4, 0.5) is 47.7 Å². The third-order valence-corrected chi connectivity index (χ3v) is 5.42. The second kappa shape index (κ2) is 10.1. The maximum absolute atomic E-state index is 12.3. The maximum Gasteiger partial charge on any atom is 0.573 e. The Morgan fingerprint density at radius 3 is 1.89 bits per heavy atom. The van der Waals surface area contributed by atoms with Gasteiger partial charge in [0.15, 0.2) is 0 Å². The Morgan fingerprint density at radius 2 is 1.24 bits per heavy atom. The fraction of sp³-hybridized carbons (Fsp3) is 0.0370. The number of nitrogens with zero attached hydrogens (tertiary/aromatic N) is 2. The number of benzene rings is 3. The van der Waals surface area contributed by atoms with Crippen molar-refractivity contribution in [1.29, 1.82) is 0 Å². The smallest absolute Gasteiger partial charge is 0.406 e. The Balaban J connectivity index is 1.27. The number of nitrogens with one attached hydrogen (secondary N) is 3. The summed E-state index contributed by atoms with van der Waals surface area (Å²) in [7, 11) is 0. The SMILES string of the molecule is O=c1c(Nc2ccc(OC(F)(F)F)cc2)c(Nc2ccnc(Nc3ccc(-c4ccccc4)cc3)n2)c1=O. The van der Waals surface area contributed by atoms with Crippen LogP contribution in [-0.2, 0) is 0 Å². The third-order valence-electron chi connectivity index (χ3n) is 5.42. The van der Waals surface area contributed by atoms with Gasteiger partial charge in [0.05, 0.1) is 0 Å². The van der Waals surface area contributed by atoms with Crippen molar-refractivity contribution in [2.24, 2.45) is 0 Å². The lowest BCUT2D eigenvalue weighted by Gasteiger charge is -2.15. The molecule has 4 aromatic carbocycles. The molecule has 0 spiro atoms. The highest BCUT2D eigenvalue weighted by Crippen LogP contribution is 2.28. The van der Waals surface area contributed by atoms with Crippen molar-refractivity contribution >= 4 is 34.5 Å². The van der Waals surface area contributed by atoms with Crippen LogP contribution < -0.4 is 31.5 Å². The molecule has 11 heteroatoms. The lowest BCUT2D eigenvalue weighted by atomic mass is 10.1. The number of alkyl halides is 3. The van der Waals surface area contributed by atoms with E-state index in [2.05, 4.69) is 30.7 Å². The van der Waals surface area contributed by atoms with Crippen LogP contribution in [0.15, 0.2) is 101 Å². The molecule has 0 aliphatic carbocycles. The van der Waals surface area contributed by atoms with E-state index in [0.717, 1.165) is 28.9 Å². The largest absolute Gasteiger partial charge is 0.573 e. The highest BCUT2D eigenvalue weighted by Gasteiger charge is 2.31. The maximum atomic E-state index is 12.3. The van der Waals surface area contributed by atoms with Crippen molar-refractivity contribution in [2.75, 3.05) is 16.0 Å². The first-order valence-electron chi connectivity index (χ1n) is 11.2. The highest BCUT2D eigenvalue weighted by molar-refractivity contribution is 5.81. The summed E-state index contributed by atoms with van der Waals surface area (Å²) < 4.78 is 40.9. The van der Waals surface area contributed by atoms with Crippen LogP contribution in [0.3, 0.4) is 0 Å². The van der Waals surface area contributed by atoms with E-state index in [4.69, 9.17) is 0 Å². The van der Waals surface area contributed by atoms with Gasteiger partial charge in [-0.15, -0.1) is 13.2 Å². The molecule has 5 rings (SSSR count). The van der Waals surface area contributed by atoms with Crippen LogP contribution in [0.1, 0.15) is 0 Å². The molecule has 0 bridgehead atoms. The van der Waals surface area contributed by atoms with E-state index in [0.29, 0.717) is 5.69 Å². The van der Waals surface area contributed by atoms with Crippen LogP contribution in [0.5, 0.6) is 5.75 Å². The predicted octanol–water partition coefficient (Wildman–Crippen LogP) is 5.87. The van der Waals surface area contributed by atoms with Crippen molar-refractivity contribution < 1.29 is 17.9 Å². The minimum atomic E-state index is -4.82. The van der Waals surface area contributed by atoms with Gasteiger partial charge in [-0.2, -0.15) is 4.98 Å². The average molecular weight is 517 g/mol. The summed E-state index contributed by atoms with van der Waals surface area (Å²) >= 11 is 0. The molecule has 0 amide bonds. The molecule has 1 aromatic heterocycles. The molecule has 8 nitrogen and oxygen atoms in total. The molecule has 38 heavy (non-hydrogen) atoms. The Labute approximate surface area is 213 Å². The van der Waals surface area contributed by atoms with E-state index in [1.807, 2.05) is 54.6 Å². The summed E-state index contributed by atoms with van der Waals surface area (Å²) in [5, 5.41) is 8.64. The standard InChI is InChI=1S/C27H18F3N5O3/c28-27(29,30)38-20-12-10-18(11-13-20)32-22-23(25(37)24(22)36)34-21-14-15-31-26(35-21)33-19-8-6-17(7-9-19)16-4-2-1-3-5-16/h1-15,32H,(H2,31,33,34,35). The van der Waals surface area contributed by atoms with Crippen molar-refractivity contribution in [1.82, 2.24) is 9.97 Å². The molecule has 0 saturated heterocycles. The molecule has 5 aromatic rings. The second-order valence-corrected chi connectivity index (χ2v) is 8.06. The van der Waals surface area contributed by atoms with E-state index in [-0.39, 0.29) is 23.1 Å². The summed E-state index contributed by atoms with van der Waals surface area (Å²) in [6, 6.07) is 23.9. The molecular formula is C27H18F3N5O3. The Bertz CT molecular complexity index is 1630. The topological polar surface area (TPSA) is 105 Å². The molecule has 1 heterocycles. The van der Waals surface area contributed by atoms with Gasteiger partial charge in [0.2, 0.25) is 5.95 Å². The summed E-state index contributed by atoms with van der Waals surface area (Å²) in [6.45, 7) is 0. The van der Waals surface area contributed by atoms with Gasteiger partial charge >= 0.3 is 6.36 Å². The number of halogens is 3. The van der Waals surface area contributed by atoms with Crippen LogP contribution in [0.25, 0.3) is 11.1 Å². The number of ether oxygens (including phenoxy) is 1. The Kier molecular flexibility index (Phi) is 6.48. The second-order valence-electron chi connectivity index (χ2n) is 8.06. The summed E-state index contributed by atoms with van der Waals surface area (Å²) in [6.07, 6.45) is -3.34. The van der Waals surface area contributed by atoms with Gasteiger partial charge in [0, 0.05) is 17.6 Å². The Hall–Kier alpha value is -5.19. The van der Waals surface area contributed by atoms with Gasteiger partial charge in [-0.3, -0.25) is 9.59 Å². The van der Waals surface area contributed by atoms with Gasteiger partial charge in [0.1, 0.15) is 22.9 Å². The molecular weight excluding hydrogens is 499 g/mol. The normalized spacial score (nSPS) is 11.2. The molecule has 0 radical (unpaired) electrons. The fourth-order valence-electron chi connectivity index (χ4n) is 3.64. The zero-order chi connectivity index (χ0) is 26.7. The zero-order valence-electron chi connectivity index (χ0n) is 19.4. The van der Waals surface area contributed by atoms with Gasteiger partial charge in [0.25, 0.3) is 10.9 Å². The fourth-order valence-corrected chi connectivity index (χ4v) is 3.64. The molecule has 0 saturated carbocycles. The van der Waals surface area contributed by atoms with E-state index in [1.165, 1.54) is 24.4 Å². The van der Waals surface area contributed by atoms with Crippen molar-refractivity contribution in [3.05, 3.63) is 112 Å². The number of hydrogen-bond acceptors (Lipinski definition) is 8. The number of anilines is 6. The van der Waals surface area contributed by atoms with Crippen LogP contribution >= 0.6 is 0 Å². The molecule has 0 atom stereocenters. The van der Waals surface area contributed by atoms with Crippen LogP contribution in [0, 0.1) is 0 Å². The third kappa shape index (κ3) is 5.62. The van der Waals surface area contributed by atoms with Crippen molar-refractivity contribution in [3.63, 3.8) is 0 Å². The number of aromatic nitrogens is 2. The average Bonchev–Trinajstić information content (AvgIpc) is 2.92. The van der Waals surface area contributed by atoms with E-state index < -0.39 is 23.0 Å². The van der Waals surface area contributed by atoms with Crippen LogP contribution in [-0.4, -0.2) is 16.3 Å². The minimum absolute atomic E-state index is 0.0255. The summed E-state index contributed by atoms with van der Waals surface area (Å²) in [5.74, 6) is 0.102. The first kappa shape index (κ1) is 24.5. The number of rotatable bonds is 8. The summed E-state index contributed by atoms with van der Waals surface area (Å²) in [4.78, 5) is 32.8. The quantitative estimate of drug-likeness (QED) is 0.220. The lowest BCUT2D eigenvalue weighted by Crippen LogP contribution is -2.36. The first-order chi connectivity index (χ1) is 18.2. The molecule has 3 N–H and O–H groups in total. The minimum Gasteiger partial charge on any atom is -0.406 e. The van der Waals surface area contributed by atoms with E-state index >= 15 is 0 Å². The van der Waals surface area contributed by atoms with E-state index in [1.54, 1.807) is 0 Å². The van der Waals surface area contributed by atoms with Gasteiger partial charge in [-0.1, -0.05) is 42.5 Å². The van der Waals surface area contributed by atoms with Gasteiger partial charge in [-0.25, -0.2) is 4.98 Å². The summed E-state index contributed by atoms with van der Waals surface area (Å²) in [5.41, 5.74) is 1.59. The van der Waals surface area contributed by atoms with E-state index in [9.17, 15) is 22.8 Å². The molecule has 0 unspecified atom stereocenters. The van der Waals surface area contributed by atoms with Gasteiger partial charge in [-0.05, 0) is 53.6 Å². The lowest BCUT2D eigenvalue weighted by molar-refractivity contribution is -0.274. The van der Waals surface area contributed by atoms with Crippen molar-refractivity contribution in [2.45, 2.75) is 6.36 Å².